The van der Waals surface area contributed by atoms with Crippen molar-refractivity contribution in [2.45, 2.75) is 25.1 Å². The molecular formula is C16H14Br2ClF. The fourth-order valence-corrected chi connectivity index (χ4v) is 3.67. The molecule has 0 bridgehead atoms. The molecule has 0 saturated carbocycles. The number of rotatable bonds is 3. The third kappa shape index (κ3) is 3.44. The molecule has 2 rings (SSSR count). The highest BCUT2D eigenvalue weighted by Gasteiger charge is 2.16. The lowest BCUT2D eigenvalue weighted by atomic mass is 9.98. The zero-order chi connectivity index (χ0) is 14.9. The third-order valence-electron chi connectivity index (χ3n) is 3.33. The number of hydrogen-bond donors (Lipinski definition) is 0. The molecule has 0 radical (unpaired) electrons. The molecule has 2 aromatic carbocycles. The summed E-state index contributed by atoms with van der Waals surface area (Å²) in [4.78, 5) is 0.0312. The van der Waals surface area contributed by atoms with Crippen LogP contribution in [0.5, 0.6) is 0 Å². The molecule has 0 aromatic heterocycles. The SMILES string of the molecule is Cc1cc(C(Br)Cc2c(F)cccc2Cl)c(C)cc1Br. The smallest absolute Gasteiger partial charge is 0.127 e. The van der Waals surface area contributed by atoms with Crippen molar-refractivity contribution < 1.29 is 4.39 Å². The predicted octanol–water partition coefficient (Wildman–Crippen LogP) is 6.54. The summed E-state index contributed by atoms with van der Waals surface area (Å²) in [6, 6.07) is 8.99. The van der Waals surface area contributed by atoms with Crippen LogP contribution in [0.4, 0.5) is 4.39 Å². The highest BCUT2D eigenvalue weighted by Crippen LogP contribution is 2.34. The van der Waals surface area contributed by atoms with Crippen molar-refractivity contribution in [2.24, 2.45) is 0 Å². The van der Waals surface area contributed by atoms with Gasteiger partial charge in [0.1, 0.15) is 5.82 Å². The standard InChI is InChI=1S/C16H14Br2ClF/c1-9-7-13(17)10(2)6-11(9)14(18)8-12-15(19)4-3-5-16(12)20/h3-7,14H,8H2,1-2H3. The normalized spacial score (nSPS) is 12.5. The predicted molar refractivity (Wildman–Crippen MR) is 90.4 cm³/mol. The lowest BCUT2D eigenvalue weighted by molar-refractivity contribution is 0.608. The Morgan fingerprint density at radius 1 is 1.20 bits per heavy atom. The van der Waals surface area contributed by atoms with E-state index in [1.165, 1.54) is 6.07 Å². The van der Waals surface area contributed by atoms with Crippen LogP contribution in [-0.2, 0) is 6.42 Å². The zero-order valence-corrected chi connectivity index (χ0v) is 15.1. The summed E-state index contributed by atoms with van der Waals surface area (Å²) < 4.78 is 14.9. The van der Waals surface area contributed by atoms with Crippen LogP contribution in [0.15, 0.2) is 34.8 Å². The van der Waals surface area contributed by atoms with Crippen LogP contribution in [-0.4, -0.2) is 0 Å². The summed E-state index contributed by atoms with van der Waals surface area (Å²) in [5.41, 5.74) is 4.03. The molecule has 0 aliphatic heterocycles. The van der Waals surface area contributed by atoms with Crippen LogP contribution in [0.1, 0.15) is 27.1 Å². The van der Waals surface area contributed by atoms with Gasteiger partial charge in [0, 0.05) is 19.9 Å². The summed E-state index contributed by atoms with van der Waals surface area (Å²) >= 11 is 13.3. The van der Waals surface area contributed by atoms with E-state index in [1.54, 1.807) is 12.1 Å². The van der Waals surface area contributed by atoms with Crippen molar-refractivity contribution in [3.05, 3.63) is 67.9 Å². The average Bonchev–Trinajstić information content (AvgIpc) is 2.38. The first-order valence-electron chi connectivity index (χ1n) is 6.23. The van der Waals surface area contributed by atoms with Gasteiger partial charge in [-0.1, -0.05) is 55.6 Å². The molecule has 0 nitrogen and oxygen atoms in total. The minimum atomic E-state index is -0.256. The Morgan fingerprint density at radius 3 is 2.55 bits per heavy atom. The molecule has 0 fully saturated rings. The van der Waals surface area contributed by atoms with Crippen molar-refractivity contribution in [3.8, 4) is 0 Å². The number of aryl methyl sites for hydroxylation is 2. The quantitative estimate of drug-likeness (QED) is 0.495. The highest BCUT2D eigenvalue weighted by molar-refractivity contribution is 9.10. The fraction of sp³-hybridized carbons (Fsp3) is 0.250. The molecule has 0 heterocycles. The molecule has 0 saturated heterocycles. The van der Waals surface area contributed by atoms with Crippen molar-refractivity contribution >= 4 is 43.5 Å². The Balaban J connectivity index is 2.33. The Morgan fingerprint density at radius 2 is 1.90 bits per heavy atom. The largest absolute Gasteiger partial charge is 0.207 e. The van der Waals surface area contributed by atoms with Gasteiger partial charge in [0.15, 0.2) is 0 Å². The fourth-order valence-electron chi connectivity index (χ4n) is 2.16. The number of alkyl halides is 1. The van der Waals surface area contributed by atoms with E-state index in [2.05, 4.69) is 50.9 Å². The van der Waals surface area contributed by atoms with E-state index in [4.69, 9.17) is 11.6 Å². The van der Waals surface area contributed by atoms with Crippen molar-refractivity contribution in [1.82, 2.24) is 0 Å². The molecule has 0 spiro atoms. The first-order chi connectivity index (χ1) is 9.40. The Bertz CT molecular complexity index is 620. The molecular weight excluding hydrogens is 406 g/mol. The van der Waals surface area contributed by atoms with Gasteiger partial charge in [-0.05, 0) is 55.2 Å². The van der Waals surface area contributed by atoms with Gasteiger partial charge in [-0.25, -0.2) is 4.39 Å². The van der Waals surface area contributed by atoms with E-state index < -0.39 is 0 Å². The van der Waals surface area contributed by atoms with Crippen LogP contribution in [0.2, 0.25) is 5.02 Å². The first kappa shape index (κ1) is 16.0. The maximum absolute atomic E-state index is 13.9. The summed E-state index contributed by atoms with van der Waals surface area (Å²) in [5, 5.41) is 0.473. The minimum absolute atomic E-state index is 0.0312. The topological polar surface area (TPSA) is 0 Å². The molecule has 1 unspecified atom stereocenters. The van der Waals surface area contributed by atoms with Crippen molar-refractivity contribution in [2.75, 3.05) is 0 Å². The van der Waals surface area contributed by atoms with Gasteiger partial charge in [-0.3, -0.25) is 0 Å². The van der Waals surface area contributed by atoms with Crippen LogP contribution in [0.25, 0.3) is 0 Å². The van der Waals surface area contributed by atoms with Gasteiger partial charge in [-0.15, -0.1) is 0 Å². The lowest BCUT2D eigenvalue weighted by Crippen LogP contribution is -2.02. The second kappa shape index (κ2) is 6.59. The van der Waals surface area contributed by atoms with E-state index >= 15 is 0 Å². The average molecular weight is 421 g/mol. The second-order valence-corrected chi connectivity index (χ2v) is 7.20. The molecule has 2 aromatic rings. The van der Waals surface area contributed by atoms with Gasteiger partial charge in [0.25, 0.3) is 0 Å². The minimum Gasteiger partial charge on any atom is -0.207 e. The summed E-state index contributed by atoms with van der Waals surface area (Å²) in [7, 11) is 0. The Labute approximate surface area is 140 Å². The Kier molecular flexibility index (Phi) is 5.27. The van der Waals surface area contributed by atoms with Gasteiger partial charge in [-0.2, -0.15) is 0 Å². The summed E-state index contributed by atoms with van der Waals surface area (Å²) in [6.45, 7) is 4.10. The monoisotopic (exact) mass is 418 g/mol. The number of halogens is 4. The molecule has 0 aliphatic carbocycles. The second-order valence-electron chi connectivity index (χ2n) is 4.83. The van der Waals surface area contributed by atoms with Gasteiger partial charge < -0.3 is 0 Å². The summed E-state index contributed by atoms with van der Waals surface area (Å²) in [5.74, 6) is -0.256. The van der Waals surface area contributed by atoms with E-state index in [-0.39, 0.29) is 10.6 Å². The first-order valence-corrected chi connectivity index (χ1v) is 8.32. The van der Waals surface area contributed by atoms with E-state index in [0.29, 0.717) is 17.0 Å². The Hall–Kier alpha value is -0.380. The van der Waals surface area contributed by atoms with Crippen LogP contribution >= 0.6 is 43.5 Å². The maximum atomic E-state index is 13.9. The number of hydrogen-bond acceptors (Lipinski definition) is 0. The molecule has 0 N–H and O–H groups in total. The van der Waals surface area contributed by atoms with Crippen LogP contribution in [0, 0.1) is 19.7 Å². The molecule has 0 aliphatic rings. The van der Waals surface area contributed by atoms with E-state index in [9.17, 15) is 4.39 Å². The molecule has 20 heavy (non-hydrogen) atoms. The molecule has 4 heteroatoms. The number of benzene rings is 2. The summed E-state index contributed by atoms with van der Waals surface area (Å²) in [6.07, 6.45) is 0.521. The van der Waals surface area contributed by atoms with E-state index in [1.807, 2.05) is 6.92 Å². The van der Waals surface area contributed by atoms with Gasteiger partial charge >= 0.3 is 0 Å². The van der Waals surface area contributed by atoms with Crippen molar-refractivity contribution in [3.63, 3.8) is 0 Å². The van der Waals surface area contributed by atoms with Crippen LogP contribution < -0.4 is 0 Å². The molecule has 0 amide bonds. The zero-order valence-electron chi connectivity index (χ0n) is 11.2. The lowest BCUT2D eigenvalue weighted by Gasteiger charge is -2.16. The van der Waals surface area contributed by atoms with Gasteiger partial charge in [0.2, 0.25) is 0 Å². The highest BCUT2D eigenvalue weighted by atomic mass is 79.9. The van der Waals surface area contributed by atoms with Gasteiger partial charge in [0.05, 0.1) is 0 Å². The third-order valence-corrected chi connectivity index (χ3v) is 5.36. The van der Waals surface area contributed by atoms with Crippen molar-refractivity contribution in [1.29, 1.82) is 0 Å². The molecule has 106 valence electrons. The molecule has 1 atom stereocenters. The van der Waals surface area contributed by atoms with Crippen LogP contribution in [0.3, 0.4) is 0 Å². The van der Waals surface area contributed by atoms with E-state index in [0.717, 1.165) is 21.2 Å². The maximum Gasteiger partial charge on any atom is 0.127 e.